The Kier molecular flexibility index (Phi) is 10.3. The Hall–Kier alpha value is -7.68. The molecule has 3 atom stereocenters. The van der Waals surface area contributed by atoms with E-state index in [1.54, 1.807) is 0 Å². The second kappa shape index (κ2) is 16.7. The third-order valence-corrected chi connectivity index (χ3v) is 18.6. The van der Waals surface area contributed by atoms with Crippen LogP contribution in [0.1, 0.15) is 128 Å². The molecule has 10 aromatic rings. The molecule has 1 heterocycles. The molecule has 14 rings (SSSR count). The van der Waals surface area contributed by atoms with Gasteiger partial charge >= 0.3 is 0 Å². The SMILES string of the molecule is Cc1cc(C)c(N2c3cccc(c3)CCC(c3ccc4c(c3)C(C)(C)C3C=CC=CC43)c3cc(c4ccc5cc(C(C)(C)C)cc6ccc3c4c65)N(c3ccc4c(c3)C(C)(C)c3ccccc3-4)c3cccc2c3)c(C)c1. The first-order chi connectivity index (χ1) is 36.5. The van der Waals surface area contributed by atoms with E-state index >= 15 is 0 Å². The zero-order valence-electron chi connectivity index (χ0n) is 45.9. The van der Waals surface area contributed by atoms with E-state index in [2.05, 4.69) is 267 Å². The van der Waals surface area contributed by atoms with Crippen LogP contribution in [0, 0.1) is 26.7 Å². The highest BCUT2D eigenvalue weighted by Crippen LogP contribution is 2.56. The normalized spacial score (nSPS) is 19.0. The Labute approximate surface area is 450 Å². The summed E-state index contributed by atoms with van der Waals surface area (Å²) in [4.78, 5) is 5.16. The van der Waals surface area contributed by atoms with Crippen LogP contribution >= 0.6 is 0 Å². The van der Waals surface area contributed by atoms with Gasteiger partial charge in [0.05, 0.1) is 11.4 Å². The molecule has 0 fully saturated rings. The van der Waals surface area contributed by atoms with Gasteiger partial charge in [0.25, 0.3) is 0 Å². The lowest BCUT2D eigenvalue weighted by molar-refractivity contribution is 0.394. The zero-order chi connectivity index (χ0) is 52.2. The predicted octanol–water partition coefficient (Wildman–Crippen LogP) is 20.2. The summed E-state index contributed by atoms with van der Waals surface area (Å²) >= 11 is 0. The van der Waals surface area contributed by atoms with Crippen molar-refractivity contribution in [3.05, 3.63) is 249 Å². The van der Waals surface area contributed by atoms with Gasteiger partial charge in [-0.05, 0) is 193 Å². The van der Waals surface area contributed by atoms with Crippen LogP contribution in [-0.4, -0.2) is 0 Å². The molecule has 3 aliphatic carbocycles. The molecule has 0 saturated heterocycles. The van der Waals surface area contributed by atoms with Crippen LogP contribution in [0.3, 0.4) is 0 Å². The number of rotatable bonds is 3. The molecule has 0 aromatic heterocycles. The number of hydrogen-bond acceptors (Lipinski definition) is 2. The van der Waals surface area contributed by atoms with E-state index in [4.69, 9.17) is 0 Å². The highest BCUT2D eigenvalue weighted by molar-refractivity contribution is 6.27. The number of hydrogen-bond donors (Lipinski definition) is 0. The minimum absolute atomic E-state index is 0.00491. The molecular weight excluding hydrogens is 917 g/mol. The van der Waals surface area contributed by atoms with Gasteiger partial charge in [-0.2, -0.15) is 0 Å². The van der Waals surface area contributed by atoms with Crippen LogP contribution in [0.25, 0.3) is 43.4 Å². The maximum Gasteiger partial charge on any atom is 0.0543 e. The van der Waals surface area contributed by atoms with Crippen molar-refractivity contribution in [3.8, 4) is 11.1 Å². The number of nitrogens with zero attached hydrogens (tertiary/aromatic N) is 2. The molecule has 2 heteroatoms. The molecule has 374 valence electrons. The standard InChI is InChI=1S/C74H68N2/c1-44-35-45(2)71(46(3)36-44)76-52-18-15-17-47(37-52)25-30-56(48-26-31-59-57-21-11-13-23-64(57)73(7,8)66(59)40-48)63-43-68(62-33-28-50-39-51(72(4,5)6)38-49-27-32-61(63)70(62)69(49)50)75(53-19-16-20-54(76)41-53)55-29-34-60-58-22-12-14-24-65(58)74(9,10)67(60)42-55/h11-24,26-29,31-43,56-57,64H,25,30H2,1-10H3. The minimum Gasteiger partial charge on any atom is -0.310 e. The average molecular weight is 985 g/mol. The maximum atomic E-state index is 2.64. The monoisotopic (exact) mass is 985 g/mol. The summed E-state index contributed by atoms with van der Waals surface area (Å²) in [5.74, 6) is 0.925. The lowest BCUT2D eigenvalue weighted by Crippen LogP contribution is -2.24. The van der Waals surface area contributed by atoms with E-state index in [0.29, 0.717) is 11.8 Å². The summed E-state index contributed by atoms with van der Waals surface area (Å²) in [7, 11) is 0. The fourth-order valence-corrected chi connectivity index (χ4v) is 14.9. The van der Waals surface area contributed by atoms with Gasteiger partial charge in [-0.3, -0.25) is 0 Å². The van der Waals surface area contributed by atoms with Crippen molar-refractivity contribution < 1.29 is 0 Å². The third kappa shape index (κ3) is 6.98. The van der Waals surface area contributed by atoms with Crippen molar-refractivity contribution in [2.75, 3.05) is 9.80 Å². The Morgan fingerprint density at radius 2 is 1.18 bits per heavy atom. The fourth-order valence-electron chi connectivity index (χ4n) is 14.9. The largest absolute Gasteiger partial charge is 0.310 e. The number of allylic oxidation sites excluding steroid dienone is 4. The fraction of sp³-hybridized carbons (Fsp3) is 0.243. The van der Waals surface area contributed by atoms with Crippen LogP contribution in [0.2, 0.25) is 0 Å². The number of fused-ring (bicyclic) bond motifs is 14. The molecule has 6 bridgehead atoms. The van der Waals surface area contributed by atoms with Crippen LogP contribution in [0.4, 0.5) is 34.1 Å². The summed E-state index contributed by atoms with van der Waals surface area (Å²) in [6, 6.07) is 64.9. The van der Waals surface area contributed by atoms with E-state index < -0.39 is 0 Å². The average Bonchev–Trinajstić information content (AvgIpc) is 3.92. The summed E-state index contributed by atoms with van der Waals surface area (Å²) in [5.41, 5.74) is 24.6. The Bertz CT molecular complexity index is 4070. The van der Waals surface area contributed by atoms with Gasteiger partial charge in [0.2, 0.25) is 0 Å². The molecular formula is C74H68N2. The second-order valence-electron chi connectivity index (χ2n) is 25.1. The van der Waals surface area contributed by atoms with Gasteiger partial charge in [-0.1, -0.05) is 194 Å². The van der Waals surface area contributed by atoms with Gasteiger partial charge in [0, 0.05) is 45.4 Å². The molecule has 76 heavy (non-hydrogen) atoms. The van der Waals surface area contributed by atoms with Crippen molar-refractivity contribution in [2.24, 2.45) is 5.92 Å². The number of anilines is 6. The smallest absolute Gasteiger partial charge is 0.0543 e. The van der Waals surface area contributed by atoms with Crippen LogP contribution in [0.5, 0.6) is 0 Å². The quantitative estimate of drug-likeness (QED) is 0.163. The first-order valence-corrected chi connectivity index (χ1v) is 27.9. The Morgan fingerprint density at radius 1 is 0.513 bits per heavy atom. The highest BCUT2D eigenvalue weighted by Gasteiger charge is 2.45. The molecule has 0 radical (unpaired) electrons. The van der Waals surface area contributed by atoms with Gasteiger partial charge in [-0.15, -0.1) is 0 Å². The lowest BCUT2D eigenvalue weighted by Gasteiger charge is -2.34. The molecule has 4 aliphatic rings. The van der Waals surface area contributed by atoms with E-state index in [1.165, 1.54) is 122 Å². The summed E-state index contributed by atoms with van der Waals surface area (Å²) < 4.78 is 0. The maximum absolute atomic E-state index is 2.64. The highest BCUT2D eigenvalue weighted by atomic mass is 15.2. The first-order valence-electron chi connectivity index (χ1n) is 27.9. The topological polar surface area (TPSA) is 6.48 Å². The minimum atomic E-state index is -0.178. The number of benzene rings is 10. The van der Waals surface area contributed by atoms with E-state index in [0.717, 1.165) is 29.9 Å². The van der Waals surface area contributed by atoms with Crippen LogP contribution in [-0.2, 0) is 22.7 Å². The van der Waals surface area contributed by atoms with Gasteiger partial charge in [0.15, 0.2) is 0 Å². The zero-order valence-corrected chi connectivity index (χ0v) is 45.9. The van der Waals surface area contributed by atoms with Crippen LogP contribution in [0.15, 0.2) is 188 Å². The van der Waals surface area contributed by atoms with Crippen molar-refractivity contribution >= 4 is 66.4 Å². The molecule has 0 amide bonds. The number of aryl methyl sites for hydroxylation is 4. The van der Waals surface area contributed by atoms with Crippen molar-refractivity contribution in [2.45, 2.75) is 110 Å². The Balaban J connectivity index is 1.10. The van der Waals surface area contributed by atoms with E-state index in [1.807, 2.05) is 0 Å². The third-order valence-electron chi connectivity index (χ3n) is 18.6. The van der Waals surface area contributed by atoms with E-state index in [9.17, 15) is 0 Å². The molecule has 0 spiro atoms. The molecule has 10 aromatic carbocycles. The molecule has 0 N–H and O–H groups in total. The molecule has 2 nitrogen and oxygen atoms in total. The second-order valence-corrected chi connectivity index (χ2v) is 25.1. The molecule has 3 unspecified atom stereocenters. The summed E-state index contributed by atoms with van der Waals surface area (Å²) in [6.45, 7) is 23.6. The van der Waals surface area contributed by atoms with Crippen molar-refractivity contribution in [1.29, 1.82) is 0 Å². The van der Waals surface area contributed by atoms with Crippen LogP contribution < -0.4 is 9.80 Å². The molecule has 1 aliphatic heterocycles. The summed E-state index contributed by atoms with van der Waals surface area (Å²) in [5, 5.41) is 7.93. The van der Waals surface area contributed by atoms with E-state index in [-0.39, 0.29) is 22.2 Å². The Morgan fingerprint density at radius 3 is 1.95 bits per heavy atom. The molecule has 0 saturated carbocycles. The van der Waals surface area contributed by atoms with Crippen molar-refractivity contribution in [1.82, 2.24) is 0 Å². The van der Waals surface area contributed by atoms with Gasteiger partial charge in [-0.25, -0.2) is 0 Å². The first kappa shape index (κ1) is 46.8. The van der Waals surface area contributed by atoms with Crippen molar-refractivity contribution in [3.63, 3.8) is 0 Å². The predicted molar refractivity (Wildman–Crippen MR) is 324 cm³/mol. The van der Waals surface area contributed by atoms with Gasteiger partial charge in [0.1, 0.15) is 0 Å². The lowest BCUT2D eigenvalue weighted by atomic mass is 9.74. The summed E-state index contributed by atoms with van der Waals surface area (Å²) in [6.07, 6.45) is 11.3. The van der Waals surface area contributed by atoms with Gasteiger partial charge < -0.3 is 9.80 Å².